The van der Waals surface area contributed by atoms with Crippen LogP contribution in [0.2, 0.25) is 10.0 Å². The summed E-state index contributed by atoms with van der Waals surface area (Å²) >= 11 is 11.9. The first kappa shape index (κ1) is 18.8. The summed E-state index contributed by atoms with van der Waals surface area (Å²) in [7, 11) is 0. The van der Waals surface area contributed by atoms with Crippen molar-refractivity contribution in [3.8, 4) is 5.75 Å². The second-order valence-corrected chi connectivity index (χ2v) is 7.22. The molecule has 2 aromatic carbocycles. The largest absolute Gasteiger partial charge is 0.508 e. The number of hydrogen-bond donors (Lipinski definition) is 2. The molecule has 1 aliphatic heterocycles. The summed E-state index contributed by atoms with van der Waals surface area (Å²) in [5, 5.41) is 13.3. The van der Waals surface area contributed by atoms with Crippen molar-refractivity contribution in [3.63, 3.8) is 0 Å². The third-order valence-electron chi connectivity index (χ3n) is 4.33. The number of phenols is 1. The molecule has 4 nitrogen and oxygen atoms in total. The van der Waals surface area contributed by atoms with Crippen LogP contribution in [-0.2, 0) is 11.3 Å². The molecule has 6 heteroatoms. The topological polar surface area (TPSA) is 52.6 Å². The maximum Gasteiger partial charge on any atom is 0.244 e. The zero-order valence-electron chi connectivity index (χ0n) is 14.2. The van der Waals surface area contributed by atoms with Crippen molar-refractivity contribution in [2.24, 2.45) is 0 Å². The fraction of sp³-hybridized carbons (Fsp3) is 0.250. The lowest BCUT2D eigenvalue weighted by Crippen LogP contribution is -2.35. The molecule has 0 aliphatic carbocycles. The van der Waals surface area contributed by atoms with Crippen LogP contribution in [0.1, 0.15) is 17.5 Å². The average Bonchev–Trinajstić information content (AvgIpc) is 3.05. The Kier molecular flexibility index (Phi) is 6.20. The number of benzene rings is 2. The van der Waals surface area contributed by atoms with Gasteiger partial charge in [0.25, 0.3) is 0 Å². The highest BCUT2D eigenvalue weighted by atomic mass is 35.5. The van der Waals surface area contributed by atoms with Crippen LogP contribution in [0.4, 0.5) is 0 Å². The number of halogens is 2. The van der Waals surface area contributed by atoms with E-state index >= 15 is 0 Å². The summed E-state index contributed by atoms with van der Waals surface area (Å²) in [6.45, 7) is 2.56. The summed E-state index contributed by atoms with van der Waals surface area (Å²) in [6, 6.07) is 12.6. The molecular weight excluding hydrogens is 371 g/mol. The second kappa shape index (κ2) is 8.58. The minimum absolute atomic E-state index is 0.118. The number of hydrogen-bond acceptors (Lipinski definition) is 3. The van der Waals surface area contributed by atoms with Crippen molar-refractivity contribution in [2.75, 3.05) is 13.1 Å². The van der Waals surface area contributed by atoms with Crippen LogP contribution in [0.3, 0.4) is 0 Å². The summed E-state index contributed by atoms with van der Waals surface area (Å²) in [5.41, 5.74) is 1.98. The standard InChI is InChI=1S/C20H20Cl2N2O2/c21-18-7-3-14(11-19(18)22)4-8-20(26)23-16-9-10-24(13-16)12-15-1-5-17(25)6-2-15/h1-8,11,16,25H,9-10,12-13H2,(H,23,26)/b8-4+. The van der Waals surface area contributed by atoms with Gasteiger partial charge in [-0.05, 0) is 47.9 Å². The van der Waals surface area contributed by atoms with Crippen molar-refractivity contribution in [1.29, 1.82) is 0 Å². The molecule has 0 aromatic heterocycles. The molecule has 1 unspecified atom stereocenters. The predicted octanol–water partition coefficient (Wildman–Crippen LogP) is 4.10. The molecule has 26 heavy (non-hydrogen) atoms. The Balaban J connectivity index is 1.48. The van der Waals surface area contributed by atoms with Gasteiger partial charge in [0.15, 0.2) is 0 Å². The molecule has 136 valence electrons. The zero-order valence-corrected chi connectivity index (χ0v) is 15.7. The normalized spacial score (nSPS) is 17.7. The first-order chi connectivity index (χ1) is 12.5. The first-order valence-electron chi connectivity index (χ1n) is 8.43. The second-order valence-electron chi connectivity index (χ2n) is 6.40. The fourth-order valence-electron chi connectivity index (χ4n) is 2.99. The van der Waals surface area contributed by atoms with Gasteiger partial charge in [-0.2, -0.15) is 0 Å². The fourth-order valence-corrected chi connectivity index (χ4v) is 3.30. The lowest BCUT2D eigenvalue weighted by atomic mass is 10.2. The molecule has 0 saturated carbocycles. The summed E-state index contributed by atoms with van der Waals surface area (Å²) in [6.07, 6.45) is 4.16. The Bertz CT molecular complexity index is 806. The van der Waals surface area contributed by atoms with Crippen LogP contribution in [0.15, 0.2) is 48.5 Å². The van der Waals surface area contributed by atoms with Gasteiger partial charge < -0.3 is 10.4 Å². The molecule has 1 saturated heterocycles. The average molecular weight is 391 g/mol. The summed E-state index contributed by atoms with van der Waals surface area (Å²) in [4.78, 5) is 14.4. The number of amides is 1. The lowest BCUT2D eigenvalue weighted by Gasteiger charge is -2.16. The number of aromatic hydroxyl groups is 1. The number of rotatable bonds is 5. The van der Waals surface area contributed by atoms with Crippen molar-refractivity contribution >= 4 is 35.2 Å². The first-order valence-corrected chi connectivity index (χ1v) is 9.19. The maximum absolute atomic E-state index is 12.1. The number of nitrogens with zero attached hydrogens (tertiary/aromatic N) is 1. The molecule has 1 fully saturated rings. The lowest BCUT2D eigenvalue weighted by molar-refractivity contribution is -0.117. The van der Waals surface area contributed by atoms with E-state index in [4.69, 9.17) is 23.2 Å². The smallest absolute Gasteiger partial charge is 0.244 e. The van der Waals surface area contributed by atoms with Gasteiger partial charge >= 0.3 is 0 Å². The van der Waals surface area contributed by atoms with Gasteiger partial charge in [-0.15, -0.1) is 0 Å². The Hall–Kier alpha value is -2.01. The van der Waals surface area contributed by atoms with Crippen molar-refractivity contribution in [1.82, 2.24) is 10.2 Å². The highest BCUT2D eigenvalue weighted by Gasteiger charge is 2.23. The van der Waals surface area contributed by atoms with E-state index in [9.17, 15) is 9.90 Å². The van der Waals surface area contributed by atoms with Gasteiger partial charge in [0.2, 0.25) is 5.91 Å². The van der Waals surface area contributed by atoms with E-state index in [1.54, 1.807) is 30.3 Å². The van der Waals surface area contributed by atoms with E-state index in [0.717, 1.165) is 37.2 Å². The quantitative estimate of drug-likeness (QED) is 0.755. The van der Waals surface area contributed by atoms with Crippen molar-refractivity contribution < 1.29 is 9.90 Å². The van der Waals surface area contributed by atoms with Crippen LogP contribution in [0, 0.1) is 0 Å². The zero-order chi connectivity index (χ0) is 18.5. The Labute approximate surface area is 163 Å². The van der Waals surface area contributed by atoms with E-state index in [0.29, 0.717) is 10.0 Å². The van der Waals surface area contributed by atoms with E-state index in [1.807, 2.05) is 18.2 Å². The Morgan fingerprint density at radius 1 is 1.19 bits per heavy atom. The number of carbonyl (C=O) groups is 1. The van der Waals surface area contributed by atoms with E-state index in [2.05, 4.69) is 10.2 Å². The molecule has 2 aromatic rings. The molecule has 1 amide bonds. The van der Waals surface area contributed by atoms with Crippen LogP contribution in [0.5, 0.6) is 5.75 Å². The van der Waals surface area contributed by atoms with Gasteiger partial charge in [0.1, 0.15) is 5.75 Å². The van der Waals surface area contributed by atoms with Crippen molar-refractivity contribution in [2.45, 2.75) is 19.0 Å². The Morgan fingerprint density at radius 2 is 1.96 bits per heavy atom. The summed E-state index contributed by atoms with van der Waals surface area (Å²) < 4.78 is 0. The van der Waals surface area contributed by atoms with Gasteiger partial charge in [-0.1, -0.05) is 41.4 Å². The molecule has 0 radical (unpaired) electrons. The third-order valence-corrected chi connectivity index (χ3v) is 5.07. The minimum Gasteiger partial charge on any atom is -0.508 e. The van der Waals surface area contributed by atoms with E-state index < -0.39 is 0 Å². The van der Waals surface area contributed by atoms with E-state index in [1.165, 1.54) is 6.08 Å². The van der Waals surface area contributed by atoms with Gasteiger partial charge in [0, 0.05) is 31.8 Å². The van der Waals surface area contributed by atoms with Gasteiger partial charge in [-0.25, -0.2) is 0 Å². The minimum atomic E-state index is -0.118. The monoisotopic (exact) mass is 390 g/mol. The highest BCUT2D eigenvalue weighted by Crippen LogP contribution is 2.23. The predicted molar refractivity (Wildman–Crippen MR) is 105 cm³/mol. The van der Waals surface area contributed by atoms with Crippen molar-refractivity contribution in [3.05, 3.63) is 69.7 Å². The van der Waals surface area contributed by atoms with E-state index in [-0.39, 0.29) is 17.7 Å². The molecule has 0 spiro atoms. The molecule has 1 heterocycles. The SMILES string of the molecule is O=C(/C=C/c1ccc(Cl)c(Cl)c1)NC1CCN(Cc2ccc(O)cc2)C1. The van der Waals surface area contributed by atoms with Crippen LogP contribution in [0.25, 0.3) is 6.08 Å². The number of likely N-dealkylation sites (tertiary alicyclic amines) is 1. The number of nitrogens with one attached hydrogen (secondary N) is 1. The molecule has 1 atom stereocenters. The van der Waals surface area contributed by atoms with Gasteiger partial charge in [0.05, 0.1) is 10.0 Å². The van der Waals surface area contributed by atoms with Crippen LogP contribution in [-0.4, -0.2) is 35.0 Å². The van der Waals surface area contributed by atoms with Crippen LogP contribution >= 0.6 is 23.2 Å². The molecule has 0 bridgehead atoms. The number of phenolic OH excluding ortho intramolecular Hbond substituents is 1. The third kappa shape index (κ3) is 5.24. The van der Waals surface area contributed by atoms with Crippen LogP contribution < -0.4 is 5.32 Å². The molecule has 3 rings (SSSR count). The number of carbonyl (C=O) groups excluding carboxylic acids is 1. The maximum atomic E-state index is 12.1. The molecular formula is C20H20Cl2N2O2. The molecule has 2 N–H and O–H groups in total. The molecule has 1 aliphatic rings. The Morgan fingerprint density at radius 3 is 2.69 bits per heavy atom. The van der Waals surface area contributed by atoms with Gasteiger partial charge in [-0.3, -0.25) is 9.69 Å². The summed E-state index contributed by atoms with van der Waals surface area (Å²) in [5.74, 6) is 0.154. The highest BCUT2D eigenvalue weighted by molar-refractivity contribution is 6.42.